The summed E-state index contributed by atoms with van der Waals surface area (Å²) < 4.78 is 10.6. The number of hydrogen-bond acceptors (Lipinski definition) is 5. The topological polar surface area (TPSA) is 71.1 Å². The number of urea groups is 1. The number of piperazine rings is 1. The molecular formula is C22H27N3O4. The molecule has 1 unspecified atom stereocenters. The normalized spacial score (nSPS) is 15.4. The molecule has 0 bridgehead atoms. The lowest BCUT2D eigenvalue weighted by Gasteiger charge is -2.39. The fourth-order valence-electron chi connectivity index (χ4n) is 3.35. The number of ether oxygens (including phenoxy) is 2. The van der Waals surface area contributed by atoms with E-state index in [0.717, 1.165) is 18.8 Å². The summed E-state index contributed by atoms with van der Waals surface area (Å²) in [6, 6.07) is 19.9. The van der Waals surface area contributed by atoms with Crippen LogP contribution in [0.25, 0.3) is 0 Å². The fraction of sp³-hybridized carbons (Fsp3) is 0.364. The van der Waals surface area contributed by atoms with E-state index >= 15 is 0 Å². The van der Waals surface area contributed by atoms with Crippen LogP contribution in [0, 0.1) is 0 Å². The molecule has 1 atom stereocenters. The van der Waals surface area contributed by atoms with Crippen LogP contribution < -0.4 is 10.1 Å². The summed E-state index contributed by atoms with van der Waals surface area (Å²) in [6.07, 6.45) is 0. The smallest absolute Gasteiger partial charge is 0.325 e. The Morgan fingerprint density at radius 1 is 0.966 bits per heavy atom. The minimum atomic E-state index is -0.459. The minimum absolute atomic E-state index is 0.0942. The van der Waals surface area contributed by atoms with Crippen LogP contribution in [0.2, 0.25) is 0 Å². The molecule has 7 heteroatoms. The number of rotatable bonds is 7. The van der Waals surface area contributed by atoms with Gasteiger partial charge < -0.3 is 19.7 Å². The fourth-order valence-corrected chi connectivity index (χ4v) is 3.35. The third kappa shape index (κ3) is 5.96. The van der Waals surface area contributed by atoms with Crippen molar-refractivity contribution in [1.82, 2.24) is 15.1 Å². The highest BCUT2D eigenvalue weighted by Gasteiger charge is 2.27. The lowest BCUT2D eigenvalue weighted by Crippen LogP contribution is -2.53. The first-order valence-corrected chi connectivity index (χ1v) is 9.74. The zero-order chi connectivity index (χ0) is 20.5. The average molecular weight is 397 g/mol. The van der Waals surface area contributed by atoms with Gasteiger partial charge in [0.1, 0.15) is 18.9 Å². The van der Waals surface area contributed by atoms with Crippen LogP contribution in [0.4, 0.5) is 4.79 Å². The van der Waals surface area contributed by atoms with Gasteiger partial charge >= 0.3 is 12.0 Å². The van der Waals surface area contributed by atoms with E-state index in [1.807, 2.05) is 48.5 Å². The van der Waals surface area contributed by atoms with Crippen LogP contribution in [0.3, 0.4) is 0 Å². The zero-order valence-electron chi connectivity index (χ0n) is 16.6. The Morgan fingerprint density at radius 2 is 1.59 bits per heavy atom. The van der Waals surface area contributed by atoms with Crippen molar-refractivity contribution in [3.8, 4) is 5.75 Å². The van der Waals surface area contributed by atoms with Crippen molar-refractivity contribution in [3.05, 3.63) is 66.2 Å². The van der Waals surface area contributed by atoms with Crippen molar-refractivity contribution in [3.63, 3.8) is 0 Å². The van der Waals surface area contributed by atoms with E-state index in [2.05, 4.69) is 27.1 Å². The summed E-state index contributed by atoms with van der Waals surface area (Å²) in [5.74, 6) is 0.383. The van der Waals surface area contributed by atoms with Crippen molar-refractivity contribution in [2.45, 2.75) is 6.04 Å². The van der Waals surface area contributed by atoms with Crippen molar-refractivity contribution in [2.24, 2.45) is 0 Å². The molecule has 0 aromatic heterocycles. The summed E-state index contributed by atoms with van der Waals surface area (Å²) in [7, 11) is 1.30. The maximum Gasteiger partial charge on any atom is 0.325 e. The molecule has 2 aromatic carbocycles. The highest BCUT2D eigenvalue weighted by atomic mass is 16.5. The van der Waals surface area contributed by atoms with Crippen molar-refractivity contribution in [1.29, 1.82) is 0 Å². The monoisotopic (exact) mass is 397 g/mol. The largest absolute Gasteiger partial charge is 0.492 e. The summed E-state index contributed by atoms with van der Waals surface area (Å²) in [6.45, 7) is 3.03. The molecule has 1 heterocycles. The molecule has 0 aliphatic carbocycles. The molecule has 1 aliphatic rings. The van der Waals surface area contributed by atoms with E-state index in [4.69, 9.17) is 4.74 Å². The quantitative estimate of drug-likeness (QED) is 0.726. The van der Waals surface area contributed by atoms with Gasteiger partial charge in [-0.05, 0) is 17.7 Å². The summed E-state index contributed by atoms with van der Waals surface area (Å²) in [4.78, 5) is 27.5. The third-order valence-corrected chi connectivity index (χ3v) is 4.99. The lowest BCUT2D eigenvalue weighted by molar-refractivity contribution is -0.139. The predicted molar refractivity (Wildman–Crippen MR) is 110 cm³/mol. The summed E-state index contributed by atoms with van der Waals surface area (Å²) in [5, 5.41) is 2.59. The molecule has 2 aromatic rings. The molecular weight excluding hydrogens is 370 g/mol. The molecule has 0 spiro atoms. The second-order valence-corrected chi connectivity index (χ2v) is 6.81. The SMILES string of the molecule is COC(=O)CNC(=O)N1CCN(C(COc2ccccc2)c2ccccc2)CC1. The van der Waals surface area contributed by atoms with Gasteiger partial charge in [-0.3, -0.25) is 9.69 Å². The number of nitrogens with one attached hydrogen (secondary N) is 1. The number of nitrogens with zero attached hydrogens (tertiary/aromatic N) is 2. The van der Waals surface area contributed by atoms with E-state index in [9.17, 15) is 9.59 Å². The van der Waals surface area contributed by atoms with E-state index in [1.54, 1.807) is 4.90 Å². The highest BCUT2D eigenvalue weighted by Crippen LogP contribution is 2.24. The molecule has 0 saturated carbocycles. The number of para-hydroxylation sites is 1. The van der Waals surface area contributed by atoms with Crippen LogP contribution in [-0.4, -0.2) is 68.2 Å². The number of amides is 2. The van der Waals surface area contributed by atoms with Crippen LogP contribution in [0.5, 0.6) is 5.75 Å². The number of esters is 1. The zero-order valence-corrected chi connectivity index (χ0v) is 16.6. The second-order valence-electron chi connectivity index (χ2n) is 6.81. The van der Waals surface area contributed by atoms with Crippen LogP contribution >= 0.6 is 0 Å². The van der Waals surface area contributed by atoms with Gasteiger partial charge in [0.25, 0.3) is 0 Å². The Morgan fingerprint density at radius 3 is 2.21 bits per heavy atom. The first-order chi connectivity index (χ1) is 14.2. The first kappa shape index (κ1) is 20.7. The lowest BCUT2D eigenvalue weighted by atomic mass is 10.1. The van der Waals surface area contributed by atoms with E-state index in [0.29, 0.717) is 19.7 Å². The average Bonchev–Trinajstić information content (AvgIpc) is 2.79. The molecule has 3 rings (SSSR count). The summed E-state index contributed by atoms with van der Waals surface area (Å²) >= 11 is 0. The molecule has 1 N–H and O–H groups in total. The molecule has 1 aliphatic heterocycles. The number of carbonyl (C=O) groups is 2. The Bertz CT molecular complexity index is 777. The van der Waals surface area contributed by atoms with E-state index in [1.165, 1.54) is 12.7 Å². The van der Waals surface area contributed by atoms with Crippen LogP contribution in [0.15, 0.2) is 60.7 Å². The van der Waals surface area contributed by atoms with Gasteiger partial charge in [-0.15, -0.1) is 0 Å². The Balaban J connectivity index is 1.59. The standard InChI is InChI=1S/C22H27N3O4/c1-28-21(26)16-23-22(27)25-14-12-24(13-15-25)20(18-8-4-2-5-9-18)17-29-19-10-6-3-7-11-19/h2-11,20H,12-17H2,1H3,(H,23,27). The number of methoxy groups -OCH3 is 1. The van der Waals surface area contributed by atoms with Crippen LogP contribution in [0.1, 0.15) is 11.6 Å². The molecule has 2 amide bonds. The van der Waals surface area contributed by atoms with Crippen molar-refractivity contribution >= 4 is 12.0 Å². The molecule has 7 nitrogen and oxygen atoms in total. The number of benzene rings is 2. The molecule has 1 saturated heterocycles. The van der Waals surface area contributed by atoms with Gasteiger partial charge in [0.05, 0.1) is 13.2 Å². The Hall–Kier alpha value is -3.06. The summed E-state index contributed by atoms with van der Waals surface area (Å²) in [5.41, 5.74) is 1.19. The molecule has 1 fully saturated rings. The van der Waals surface area contributed by atoms with Crippen molar-refractivity contribution in [2.75, 3.05) is 46.4 Å². The Kier molecular flexibility index (Phi) is 7.47. The number of carbonyl (C=O) groups excluding carboxylic acids is 2. The molecule has 29 heavy (non-hydrogen) atoms. The van der Waals surface area contributed by atoms with Gasteiger partial charge in [0.15, 0.2) is 0 Å². The van der Waals surface area contributed by atoms with E-state index < -0.39 is 5.97 Å². The van der Waals surface area contributed by atoms with Gasteiger partial charge in [-0.2, -0.15) is 0 Å². The van der Waals surface area contributed by atoms with Gasteiger partial charge in [0, 0.05) is 26.2 Å². The van der Waals surface area contributed by atoms with Gasteiger partial charge in [-0.1, -0.05) is 48.5 Å². The second kappa shape index (κ2) is 10.5. The van der Waals surface area contributed by atoms with Crippen molar-refractivity contribution < 1.29 is 19.1 Å². The predicted octanol–water partition coefficient (Wildman–Crippen LogP) is 2.31. The highest BCUT2D eigenvalue weighted by molar-refractivity contribution is 5.80. The molecule has 154 valence electrons. The minimum Gasteiger partial charge on any atom is -0.492 e. The maximum atomic E-state index is 12.2. The van der Waals surface area contributed by atoms with Gasteiger partial charge in [-0.25, -0.2) is 4.79 Å². The first-order valence-electron chi connectivity index (χ1n) is 9.74. The molecule has 0 radical (unpaired) electrons. The number of hydrogen-bond donors (Lipinski definition) is 1. The maximum absolute atomic E-state index is 12.2. The van der Waals surface area contributed by atoms with Crippen LogP contribution in [-0.2, 0) is 9.53 Å². The Labute approximate surface area is 171 Å². The van der Waals surface area contributed by atoms with Gasteiger partial charge in [0.2, 0.25) is 0 Å². The third-order valence-electron chi connectivity index (χ3n) is 4.99. The van der Waals surface area contributed by atoms with E-state index in [-0.39, 0.29) is 18.6 Å².